The molecule has 5 nitrogen and oxygen atoms in total. The topological polar surface area (TPSA) is 78.9 Å². The zero-order valence-electron chi connectivity index (χ0n) is 7.54. The van der Waals surface area contributed by atoms with Gasteiger partial charge < -0.3 is 10.1 Å². The summed E-state index contributed by atoms with van der Waals surface area (Å²) in [5, 5.41) is 10.1. The largest absolute Gasteiger partial charge is 0.478 e. The highest BCUT2D eigenvalue weighted by molar-refractivity contribution is 7.99. The van der Waals surface area contributed by atoms with Crippen molar-refractivity contribution in [2.24, 2.45) is 0 Å². The maximum Gasteiger partial charge on any atom is 0.335 e. The van der Waals surface area contributed by atoms with Gasteiger partial charge in [-0.05, 0) is 23.9 Å². The molecule has 2 N–H and O–H groups in total. The van der Waals surface area contributed by atoms with Crippen molar-refractivity contribution >= 4 is 17.7 Å². The van der Waals surface area contributed by atoms with Crippen LogP contribution in [0.25, 0.3) is 0 Å². The van der Waals surface area contributed by atoms with Crippen LogP contribution in [0.4, 0.5) is 0 Å². The Morgan fingerprint density at radius 3 is 2.93 bits per heavy atom. The molecule has 0 saturated heterocycles. The van der Waals surface area contributed by atoms with Crippen molar-refractivity contribution in [2.75, 3.05) is 0 Å². The van der Waals surface area contributed by atoms with E-state index in [1.807, 2.05) is 0 Å². The van der Waals surface area contributed by atoms with Crippen LogP contribution in [0.3, 0.4) is 0 Å². The van der Waals surface area contributed by atoms with E-state index in [4.69, 9.17) is 5.11 Å². The Morgan fingerprint density at radius 1 is 1.40 bits per heavy atom. The Kier molecular flexibility index (Phi) is 2.68. The number of H-pyrrole nitrogens is 1. The first-order valence-corrected chi connectivity index (χ1v) is 4.94. The van der Waals surface area contributed by atoms with Crippen molar-refractivity contribution < 1.29 is 9.90 Å². The maximum atomic E-state index is 10.7. The lowest BCUT2D eigenvalue weighted by molar-refractivity contribution is 0.0696. The number of carbonyl (C=O) groups is 1. The first-order valence-electron chi connectivity index (χ1n) is 4.12. The lowest BCUT2D eigenvalue weighted by Gasteiger charge is -1.98. The molecule has 0 amide bonds. The number of nitrogens with one attached hydrogen (secondary N) is 1. The fourth-order valence-electron chi connectivity index (χ4n) is 1.00. The number of nitrogens with zero attached hydrogens (tertiary/aromatic N) is 2. The highest BCUT2D eigenvalue weighted by atomic mass is 32.2. The van der Waals surface area contributed by atoms with Crippen LogP contribution < -0.4 is 0 Å². The first kappa shape index (κ1) is 9.72. The monoisotopic (exact) mass is 221 g/mol. The van der Waals surface area contributed by atoms with Crippen LogP contribution in [0.1, 0.15) is 10.4 Å². The summed E-state index contributed by atoms with van der Waals surface area (Å²) < 4.78 is 0. The number of rotatable bonds is 3. The van der Waals surface area contributed by atoms with Crippen molar-refractivity contribution in [2.45, 2.75) is 10.2 Å². The standard InChI is InChI=1S/C9H7N3O2S/c13-8(14)6-1-2-10-7(5-6)15-9-11-3-4-12-9/h1-5H,(H,11,12)(H,13,14). The quantitative estimate of drug-likeness (QED) is 0.823. The number of aromatic carboxylic acids is 1. The van der Waals surface area contributed by atoms with Gasteiger partial charge in [-0.1, -0.05) is 0 Å². The zero-order valence-corrected chi connectivity index (χ0v) is 8.36. The fourth-order valence-corrected chi connectivity index (χ4v) is 1.74. The molecule has 15 heavy (non-hydrogen) atoms. The van der Waals surface area contributed by atoms with E-state index in [1.54, 1.807) is 12.4 Å². The molecule has 0 atom stereocenters. The van der Waals surface area contributed by atoms with Gasteiger partial charge in [-0.25, -0.2) is 14.8 Å². The molecule has 0 saturated carbocycles. The van der Waals surface area contributed by atoms with Crippen LogP contribution in [0.15, 0.2) is 40.9 Å². The molecular formula is C9H7N3O2S. The molecule has 0 aromatic carbocycles. The molecule has 0 radical (unpaired) electrons. The molecule has 76 valence electrons. The van der Waals surface area contributed by atoms with E-state index in [-0.39, 0.29) is 5.56 Å². The molecule has 0 bridgehead atoms. The normalized spacial score (nSPS) is 10.1. The van der Waals surface area contributed by atoms with Crippen LogP contribution in [0.2, 0.25) is 0 Å². The highest BCUT2D eigenvalue weighted by Crippen LogP contribution is 2.22. The molecule has 0 aliphatic rings. The molecule has 0 aliphatic carbocycles. The van der Waals surface area contributed by atoms with Gasteiger partial charge >= 0.3 is 5.97 Å². The Balaban J connectivity index is 2.22. The molecular weight excluding hydrogens is 214 g/mol. The zero-order chi connectivity index (χ0) is 10.7. The molecule has 2 heterocycles. The number of aromatic amines is 1. The Hall–Kier alpha value is -1.82. The van der Waals surface area contributed by atoms with Crippen molar-refractivity contribution in [1.29, 1.82) is 0 Å². The van der Waals surface area contributed by atoms with Gasteiger partial charge in [-0.15, -0.1) is 0 Å². The Morgan fingerprint density at radius 2 is 2.27 bits per heavy atom. The third kappa shape index (κ3) is 2.35. The predicted octanol–water partition coefficient (Wildman–Crippen LogP) is 1.65. The fraction of sp³-hybridized carbons (Fsp3) is 0. The van der Waals surface area contributed by atoms with Gasteiger partial charge in [0.1, 0.15) is 5.03 Å². The number of hydrogen-bond acceptors (Lipinski definition) is 4. The van der Waals surface area contributed by atoms with Crippen LogP contribution >= 0.6 is 11.8 Å². The first-order chi connectivity index (χ1) is 7.25. The van der Waals surface area contributed by atoms with E-state index in [1.165, 1.54) is 30.1 Å². The SMILES string of the molecule is O=C(O)c1ccnc(Sc2ncc[nH]2)c1. The summed E-state index contributed by atoms with van der Waals surface area (Å²) in [5.74, 6) is -0.960. The van der Waals surface area contributed by atoms with Gasteiger partial charge in [0.15, 0.2) is 5.16 Å². The highest BCUT2D eigenvalue weighted by Gasteiger charge is 2.06. The third-order valence-corrected chi connectivity index (χ3v) is 2.51. The third-order valence-electron chi connectivity index (χ3n) is 1.66. The molecule has 0 spiro atoms. The van der Waals surface area contributed by atoms with Gasteiger partial charge in [0.25, 0.3) is 0 Å². The van der Waals surface area contributed by atoms with Crippen molar-refractivity contribution in [3.8, 4) is 0 Å². The lowest BCUT2D eigenvalue weighted by atomic mass is 10.3. The number of pyridine rings is 1. The smallest absolute Gasteiger partial charge is 0.335 e. The summed E-state index contributed by atoms with van der Waals surface area (Å²) >= 11 is 1.28. The van der Waals surface area contributed by atoms with Crippen molar-refractivity contribution in [3.63, 3.8) is 0 Å². The summed E-state index contributed by atoms with van der Waals surface area (Å²) in [7, 11) is 0. The summed E-state index contributed by atoms with van der Waals surface area (Å²) in [6.45, 7) is 0. The Bertz CT molecular complexity index is 470. The van der Waals surface area contributed by atoms with Gasteiger partial charge in [0.2, 0.25) is 0 Å². The lowest BCUT2D eigenvalue weighted by Crippen LogP contribution is -1.96. The molecule has 2 aromatic heterocycles. The molecule has 0 unspecified atom stereocenters. The second kappa shape index (κ2) is 4.14. The predicted molar refractivity (Wildman–Crippen MR) is 53.9 cm³/mol. The van der Waals surface area contributed by atoms with E-state index >= 15 is 0 Å². The maximum absolute atomic E-state index is 10.7. The van der Waals surface area contributed by atoms with Gasteiger partial charge in [0, 0.05) is 18.6 Å². The van der Waals surface area contributed by atoms with Crippen LogP contribution in [0, 0.1) is 0 Å². The van der Waals surface area contributed by atoms with Crippen molar-refractivity contribution in [1.82, 2.24) is 15.0 Å². The van der Waals surface area contributed by atoms with Crippen LogP contribution in [-0.4, -0.2) is 26.0 Å². The minimum absolute atomic E-state index is 0.221. The van der Waals surface area contributed by atoms with Gasteiger partial charge in [0.05, 0.1) is 5.56 Å². The van der Waals surface area contributed by atoms with Crippen molar-refractivity contribution in [3.05, 3.63) is 36.3 Å². The molecule has 2 aromatic rings. The van der Waals surface area contributed by atoms with E-state index in [9.17, 15) is 4.79 Å². The average molecular weight is 221 g/mol. The molecule has 6 heteroatoms. The summed E-state index contributed by atoms with van der Waals surface area (Å²) in [5.41, 5.74) is 0.221. The summed E-state index contributed by atoms with van der Waals surface area (Å²) in [4.78, 5) is 21.6. The molecule has 2 rings (SSSR count). The summed E-state index contributed by atoms with van der Waals surface area (Å²) in [6.07, 6.45) is 4.79. The number of carboxylic acid groups (broad SMARTS) is 1. The van der Waals surface area contributed by atoms with Crippen LogP contribution in [0.5, 0.6) is 0 Å². The molecule has 0 fully saturated rings. The summed E-state index contributed by atoms with van der Waals surface area (Å²) in [6, 6.07) is 2.96. The number of aromatic nitrogens is 3. The second-order valence-electron chi connectivity index (χ2n) is 2.68. The number of hydrogen-bond donors (Lipinski definition) is 2. The van der Waals surface area contributed by atoms with E-state index < -0.39 is 5.97 Å². The van der Waals surface area contributed by atoms with E-state index in [0.717, 1.165) is 0 Å². The van der Waals surface area contributed by atoms with E-state index in [0.29, 0.717) is 10.2 Å². The van der Waals surface area contributed by atoms with Crippen LogP contribution in [-0.2, 0) is 0 Å². The molecule has 0 aliphatic heterocycles. The van der Waals surface area contributed by atoms with E-state index in [2.05, 4.69) is 15.0 Å². The average Bonchev–Trinajstić information content (AvgIpc) is 2.71. The second-order valence-corrected chi connectivity index (χ2v) is 3.69. The van der Waals surface area contributed by atoms with Gasteiger partial charge in [-0.3, -0.25) is 0 Å². The number of carboxylic acids is 1. The Labute approximate surface area is 89.6 Å². The minimum Gasteiger partial charge on any atom is -0.478 e. The van der Waals surface area contributed by atoms with Gasteiger partial charge in [-0.2, -0.15) is 0 Å². The number of imidazole rings is 1. The minimum atomic E-state index is -0.960.